The average molecular weight is 386 g/mol. The standard InChI is InChI=1S/C21H16O3.C3H8.C2H2/c1-12-7-8-14(13(2)9-12)21-15-5-3-4-6-19(15)24-20-11-18(23)17(22)10-16(20)21;1-3-2;1-2/h3-11,22H,1-2H3;3H2,1-2H3;1-2H. The van der Waals surface area contributed by atoms with Gasteiger partial charge in [0.15, 0.2) is 5.75 Å². The van der Waals surface area contributed by atoms with E-state index in [1.807, 2.05) is 24.3 Å². The summed E-state index contributed by atoms with van der Waals surface area (Å²) >= 11 is 0. The molecule has 0 unspecified atom stereocenters. The number of phenols is 1. The number of benzene rings is 3. The van der Waals surface area contributed by atoms with Crippen LogP contribution in [0.3, 0.4) is 0 Å². The van der Waals surface area contributed by atoms with Crippen molar-refractivity contribution >= 4 is 11.0 Å². The van der Waals surface area contributed by atoms with Crippen LogP contribution in [0.4, 0.5) is 0 Å². The van der Waals surface area contributed by atoms with Crippen LogP contribution in [0.1, 0.15) is 31.4 Å². The summed E-state index contributed by atoms with van der Waals surface area (Å²) in [4.78, 5) is 11.8. The Balaban J connectivity index is 0.000000551. The molecule has 0 radical (unpaired) electrons. The molecule has 2 aliphatic rings. The van der Waals surface area contributed by atoms with E-state index in [4.69, 9.17) is 4.42 Å². The van der Waals surface area contributed by atoms with Gasteiger partial charge in [0.05, 0.1) is 0 Å². The largest absolute Gasteiger partial charge is 0.504 e. The normalized spacial score (nSPS) is 10.0. The first-order chi connectivity index (χ1) is 14.0. The van der Waals surface area contributed by atoms with Crippen molar-refractivity contribution in [2.75, 3.05) is 0 Å². The van der Waals surface area contributed by atoms with Gasteiger partial charge in [-0.05, 0) is 37.1 Å². The molecule has 0 atom stereocenters. The minimum absolute atomic E-state index is 0.265. The Labute approximate surface area is 172 Å². The number of aryl methyl sites for hydroxylation is 2. The van der Waals surface area contributed by atoms with E-state index in [9.17, 15) is 9.90 Å². The van der Waals surface area contributed by atoms with Crippen molar-refractivity contribution in [3.63, 3.8) is 0 Å². The van der Waals surface area contributed by atoms with E-state index in [2.05, 4.69) is 58.7 Å². The third kappa shape index (κ3) is 4.50. The van der Waals surface area contributed by atoms with E-state index in [-0.39, 0.29) is 5.75 Å². The summed E-state index contributed by atoms with van der Waals surface area (Å²) in [5, 5.41) is 10.9. The molecule has 0 spiro atoms. The van der Waals surface area contributed by atoms with Crippen molar-refractivity contribution in [2.24, 2.45) is 0 Å². The second kappa shape index (κ2) is 9.61. The molecule has 0 saturated carbocycles. The van der Waals surface area contributed by atoms with Crippen LogP contribution in [0.5, 0.6) is 5.75 Å². The summed E-state index contributed by atoms with van der Waals surface area (Å²) in [6.07, 6.45) is 9.25. The second-order valence-corrected chi connectivity index (χ2v) is 6.81. The zero-order valence-corrected chi connectivity index (χ0v) is 17.3. The van der Waals surface area contributed by atoms with Gasteiger partial charge in [-0.1, -0.05) is 62.2 Å². The number of hydrogen-bond donors (Lipinski definition) is 1. The number of hydrogen-bond acceptors (Lipinski definition) is 3. The maximum atomic E-state index is 11.8. The third-order valence-corrected chi connectivity index (χ3v) is 4.36. The van der Waals surface area contributed by atoms with Crippen LogP contribution < -0.4 is 5.43 Å². The Morgan fingerprint density at radius 2 is 1.59 bits per heavy atom. The molecule has 2 aromatic carbocycles. The highest BCUT2D eigenvalue weighted by molar-refractivity contribution is 6.02. The smallest absolute Gasteiger partial charge is 0.223 e. The molecule has 29 heavy (non-hydrogen) atoms. The third-order valence-electron chi connectivity index (χ3n) is 4.36. The van der Waals surface area contributed by atoms with Crippen molar-refractivity contribution in [1.82, 2.24) is 0 Å². The Morgan fingerprint density at radius 3 is 2.24 bits per heavy atom. The molecule has 3 heteroatoms. The van der Waals surface area contributed by atoms with Crippen molar-refractivity contribution in [2.45, 2.75) is 34.1 Å². The van der Waals surface area contributed by atoms with Crippen LogP contribution in [-0.4, -0.2) is 5.11 Å². The molecule has 0 fully saturated rings. The van der Waals surface area contributed by atoms with Gasteiger partial charge in [-0.25, -0.2) is 0 Å². The van der Waals surface area contributed by atoms with Crippen LogP contribution in [0, 0.1) is 26.7 Å². The molecule has 0 bridgehead atoms. The van der Waals surface area contributed by atoms with Gasteiger partial charge < -0.3 is 9.52 Å². The van der Waals surface area contributed by atoms with Crippen molar-refractivity contribution in [3.8, 4) is 41.0 Å². The number of fused-ring (bicyclic) bond motifs is 2. The van der Waals surface area contributed by atoms with Crippen LogP contribution >= 0.6 is 0 Å². The number of para-hydroxylation sites is 1. The summed E-state index contributed by atoms with van der Waals surface area (Å²) < 4.78 is 5.90. The Bertz CT molecular complexity index is 1170. The lowest BCUT2D eigenvalue weighted by Gasteiger charge is -2.17. The Hall–Kier alpha value is -3.51. The van der Waals surface area contributed by atoms with Gasteiger partial charge in [0.2, 0.25) is 5.43 Å². The van der Waals surface area contributed by atoms with E-state index >= 15 is 0 Å². The molecule has 0 aromatic heterocycles. The number of aromatic hydroxyl groups is 1. The molecule has 0 saturated heterocycles. The van der Waals surface area contributed by atoms with E-state index in [0.29, 0.717) is 11.3 Å². The summed E-state index contributed by atoms with van der Waals surface area (Å²) in [5.74, 6) is 0.213. The average Bonchev–Trinajstić information content (AvgIpc) is 2.70. The lowest BCUT2D eigenvalue weighted by molar-refractivity contribution is 0.469. The van der Waals surface area contributed by atoms with Crippen LogP contribution in [0.15, 0.2) is 63.8 Å². The Morgan fingerprint density at radius 1 is 0.931 bits per heavy atom. The fourth-order valence-corrected chi connectivity index (χ4v) is 3.24. The fraction of sp³-hybridized carbons (Fsp3) is 0.192. The van der Waals surface area contributed by atoms with E-state index < -0.39 is 5.43 Å². The van der Waals surface area contributed by atoms with Gasteiger partial charge >= 0.3 is 0 Å². The summed E-state index contributed by atoms with van der Waals surface area (Å²) in [6, 6.07) is 16.9. The summed E-state index contributed by atoms with van der Waals surface area (Å²) in [7, 11) is 0. The quantitative estimate of drug-likeness (QED) is 0.298. The molecule has 1 aliphatic carbocycles. The predicted octanol–water partition coefficient (Wildman–Crippen LogP) is 6.55. The maximum Gasteiger partial charge on any atom is 0.223 e. The Kier molecular flexibility index (Phi) is 7.22. The highest BCUT2D eigenvalue weighted by atomic mass is 16.3. The molecule has 0 amide bonds. The molecule has 1 N–H and O–H groups in total. The summed E-state index contributed by atoms with van der Waals surface area (Å²) in [5.41, 5.74) is 5.37. The monoisotopic (exact) mass is 386 g/mol. The second-order valence-electron chi connectivity index (χ2n) is 6.81. The zero-order valence-electron chi connectivity index (χ0n) is 17.3. The molecule has 3 nitrogen and oxygen atoms in total. The van der Waals surface area contributed by atoms with Gasteiger partial charge in [0.1, 0.15) is 11.3 Å². The van der Waals surface area contributed by atoms with Crippen LogP contribution in [-0.2, 0) is 0 Å². The molecule has 2 aromatic rings. The number of phenolic OH excluding ortho intramolecular Hbond substituents is 1. The minimum Gasteiger partial charge on any atom is -0.504 e. The molecular formula is C26H26O3. The summed E-state index contributed by atoms with van der Waals surface area (Å²) in [6.45, 7) is 8.37. The number of rotatable bonds is 1. The molecular weight excluding hydrogens is 360 g/mol. The van der Waals surface area contributed by atoms with Crippen molar-refractivity contribution in [1.29, 1.82) is 0 Å². The van der Waals surface area contributed by atoms with Gasteiger partial charge in [0.25, 0.3) is 0 Å². The van der Waals surface area contributed by atoms with Gasteiger partial charge in [-0.3, -0.25) is 4.79 Å². The maximum absolute atomic E-state index is 11.8. The topological polar surface area (TPSA) is 50.4 Å². The molecule has 1 aliphatic heterocycles. The van der Waals surface area contributed by atoms with Crippen molar-refractivity contribution in [3.05, 3.63) is 75.9 Å². The molecule has 1 heterocycles. The lowest BCUT2D eigenvalue weighted by atomic mass is 9.90. The van der Waals surface area contributed by atoms with Gasteiger partial charge in [0, 0.05) is 22.6 Å². The van der Waals surface area contributed by atoms with Gasteiger partial charge in [-0.2, -0.15) is 0 Å². The highest BCUT2D eigenvalue weighted by Gasteiger charge is 2.19. The lowest BCUT2D eigenvalue weighted by Crippen LogP contribution is -2.02. The SMILES string of the molecule is C#C.CCC.Cc1ccc(-c2c3cc(O)c(=O)cc-3oc3ccccc23)c(C)c1. The first-order valence-corrected chi connectivity index (χ1v) is 9.55. The van der Waals surface area contributed by atoms with E-state index in [0.717, 1.165) is 27.6 Å². The minimum atomic E-state index is -0.437. The zero-order chi connectivity index (χ0) is 21.6. The molecule has 4 rings (SSSR count). The first-order valence-electron chi connectivity index (χ1n) is 9.55. The van der Waals surface area contributed by atoms with E-state index in [1.54, 1.807) is 0 Å². The van der Waals surface area contributed by atoms with Crippen LogP contribution in [0.25, 0.3) is 33.4 Å². The fourth-order valence-electron chi connectivity index (χ4n) is 3.24. The predicted molar refractivity (Wildman–Crippen MR) is 122 cm³/mol. The van der Waals surface area contributed by atoms with E-state index in [1.165, 1.54) is 24.1 Å². The van der Waals surface area contributed by atoms with Crippen LogP contribution in [0.2, 0.25) is 0 Å². The van der Waals surface area contributed by atoms with Gasteiger partial charge in [-0.15, -0.1) is 12.8 Å². The first kappa shape index (κ1) is 21.8. The number of terminal acetylenes is 1. The highest BCUT2D eigenvalue weighted by Crippen LogP contribution is 2.41. The molecule has 148 valence electrons. The van der Waals surface area contributed by atoms with Crippen molar-refractivity contribution < 1.29 is 9.52 Å².